The van der Waals surface area contributed by atoms with Crippen molar-refractivity contribution >= 4 is 21.6 Å². The zero-order valence-electron chi connectivity index (χ0n) is 8.43. The van der Waals surface area contributed by atoms with E-state index >= 15 is 0 Å². The number of nitrogens with zero attached hydrogens (tertiary/aromatic N) is 2. The average Bonchev–Trinajstić information content (AvgIpc) is 2.25. The SMILES string of the molecule is Nc1cc(Br)ccc1Cn1cccnc1=O. The summed E-state index contributed by atoms with van der Waals surface area (Å²) in [4.78, 5) is 15.1. The molecule has 82 valence electrons. The first-order valence-corrected chi connectivity index (χ1v) is 5.51. The van der Waals surface area contributed by atoms with Crippen LogP contribution >= 0.6 is 15.9 Å². The molecule has 0 aliphatic heterocycles. The number of hydrogen-bond acceptors (Lipinski definition) is 3. The number of hydrogen-bond donors (Lipinski definition) is 1. The third-order valence-electron chi connectivity index (χ3n) is 2.23. The monoisotopic (exact) mass is 279 g/mol. The highest BCUT2D eigenvalue weighted by Gasteiger charge is 2.02. The van der Waals surface area contributed by atoms with E-state index in [0.717, 1.165) is 10.0 Å². The normalized spacial score (nSPS) is 10.3. The highest BCUT2D eigenvalue weighted by atomic mass is 79.9. The number of nitrogens with two attached hydrogens (primary N) is 1. The second kappa shape index (κ2) is 4.49. The lowest BCUT2D eigenvalue weighted by molar-refractivity contribution is 0.728. The highest BCUT2D eigenvalue weighted by molar-refractivity contribution is 9.10. The highest BCUT2D eigenvalue weighted by Crippen LogP contribution is 2.18. The van der Waals surface area contributed by atoms with Crippen LogP contribution in [0.2, 0.25) is 0 Å². The number of rotatable bonds is 2. The van der Waals surface area contributed by atoms with Crippen LogP contribution in [-0.2, 0) is 6.54 Å². The van der Waals surface area contributed by atoms with E-state index in [9.17, 15) is 4.79 Å². The second-order valence-corrected chi connectivity index (χ2v) is 4.29. The maximum absolute atomic E-state index is 11.4. The van der Waals surface area contributed by atoms with Gasteiger partial charge in [-0.2, -0.15) is 0 Å². The third-order valence-corrected chi connectivity index (χ3v) is 2.72. The largest absolute Gasteiger partial charge is 0.398 e. The van der Waals surface area contributed by atoms with Gasteiger partial charge in [-0.05, 0) is 23.8 Å². The minimum atomic E-state index is -0.273. The molecule has 0 fully saturated rings. The predicted molar refractivity (Wildman–Crippen MR) is 66.2 cm³/mol. The van der Waals surface area contributed by atoms with E-state index in [2.05, 4.69) is 20.9 Å². The van der Waals surface area contributed by atoms with E-state index in [0.29, 0.717) is 12.2 Å². The van der Waals surface area contributed by atoms with E-state index in [4.69, 9.17) is 5.73 Å². The van der Waals surface area contributed by atoms with Gasteiger partial charge in [-0.15, -0.1) is 0 Å². The molecular formula is C11H10BrN3O. The van der Waals surface area contributed by atoms with Crippen LogP contribution in [0.4, 0.5) is 5.69 Å². The molecule has 1 aromatic heterocycles. The van der Waals surface area contributed by atoms with Crippen molar-refractivity contribution in [1.82, 2.24) is 9.55 Å². The van der Waals surface area contributed by atoms with Crippen molar-refractivity contribution in [2.24, 2.45) is 0 Å². The quantitative estimate of drug-likeness (QED) is 0.851. The average molecular weight is 280 g/mol. The van der Waals surface area contributed by atoms with Crippen LogP contribution in [0.1, 0.15) is 5.56 Å². The van der Waals surface area contributed by atoms with Crippen molar-refractivity contribution in [2.45, 2.75) is 6.54 Å². The molecule has 0 radical (unpaired) electrons. The van der Waals surface area contributed by atoms with Crippen molar-refractivity contribution in [1.29, 1.82) is 0 Å². The van der Waals surface area contributed by atoms with Gasteiger partial charge in [0.2, 0.25) is 0 Å². The van der Waals surface area contributed by atoms with Crippen LogP contribution in [0.5, 0.6) is 0 Å². The van der Waals surface area contributed by atoms with Gasteiger partial charge < -0.3 is 5.73 Å². The van der Waals surface area contributed by atoms with E-state index in [1.807, 2.05) is 18.2 Å². The van der Waals surface area contributed by atoms with E-state index in [1.165, 1.54) is 10.8 Å². The zero-order valence-corrected chi connectivity index (χ0v) is 10.0. The Labute approximate surface area is 101 Å². The van der Waals surface area contributed by atoms with Gasteiger partial charge in [-0.25, -0.2) is 9.78 Å². The summed E-state index contributed by atoms with van der Waals surface area (Å²) in [7, 11) is 0. The number of halogens is 1. The minimum absolute atomic E-state index is 0.273. The van der Waals surface area contributed by atoms with Gasteiger partial charge in [0.15, 0.2) is 0 Å². The molecule has 0 saturated heterocycles. The topological polar surface area (TPSA) is 60.9 Å². The molecule has 0 unspecified atom stereocenters. The van der Waals surface area contributed by atoms with Gasteiger partial charge in [0.1, 0.15) is 0 Å². The van der Waals surface area contributed by atoms with E-state index in [1.54, 1.807) is 12.3 Å². The summed E-state index contributed by atoms with van der Waals surface area (Å²) in [5.74, 6) is 0. The Bertz CT molecular complexity index is 565. The van der Waals surface area contributed by atoms with Gasteiger partial charge in [0, 0.05) is 22.6 Å². The van der Waals surface area contributed by atoms with Gasteiger partial charge in [0.05, 0.1) is 6.54 Å². The Morgan fingerprint density at radius 1 is 1.44 bits per heavy atom. The first kappa shape index (κ1) is 10.9. The molecule has 0 amide bonds. The molecular weight excluding hydrogens is 270 g/mol. The van der Waals surface area contributed by atoms with Crippen LogP contribution in [0.3, 0.4) is 0 Å². The summed E-state index contributed by atoms with van der Waals surface area (Å²) in [6.45, 7) is 0.436. The number of aromatic nitrogens is 2. The summed E-state index contributed by atoms with van der Waals surface area (Å²) in [6, 6.07) is 7.32. The summed E-state index contributed by atoms with van der Waals surface area (Å²) in [5, 5.41) is 0. The molecule has 0 aliphatic rings. The van der Waals surface area contributed by atoms with Gasteiger partial charge in [0.25, 0.3) is 0 Å². The lowest BCUT2D eigenvalue weighted by Crippen LogP contribution is -2.22. The van der Waals surface area contributed by atoms with Crippen molar-refractivity contribution in [2.75, 3.05) is 5.73 Å². The number of nitrogen functional groups attached to an aromatic ring is 1. The molecule has 4 nitrogen and oxygen atoms in total. The second-order valence-electron chi connectivity index (χ2n) is 3.37. The molecule has 1 heterocycles. The standard InChI is InChI=1S/C11H10BrN3O/c12-9-3-2-8(10(13)6-9)7-15-5-1-4-14-11(15)16/h1-6H,7,13H2. The van der Waals surface area contributed by atoms with Crippen molar-refractivity contribution in [3.8, 4) is 0 Å². The van der Waals surface area contributed by atoms with Crippen LogP contribution in [-0.4, -0.2) is 9.55 Å². The number of benzene rings is 1. The van der Waals surface area contributed by atoms with E-state index in [-0.39, 0.29) is 5.69 Å². The Hall–Kier alpha value is -1.62. The first-order chi connectivity index (χ1) is 7.66. The zero-order chi connectivity index (χ0) is 11.5. The molecule has 2 rings (SSSR count). The smallest absolute Gasteiger partial charge is 0.347 e. The van der Waals surface area contributed by atoms with Crippen LogP contribution in [0, 0.1) is 0 Å². The summed E-state index contributed by atoms with van der Waals surface area (Å²) < 4.78 is 2.44. The summed E-state index contributed by atoms with van der Waals surface area (Å²) in [5.41, 5.74) is 7.14. The fourth-order valence-corrected chi connectivity index (χ4v) is 1.78. The molecule has 5 heteroatoms. The van der Waals surface area contributed by atoms with Crippen molar-refractivity contribution in [3.05, 3.63) is 57.2 Å². The predicted octanol–water partition coefficient (Wildman–Crippen LogP) is 1.64. The Morgan fingerprint density at radius 3 is 2.94 bits per heavy atom. The van der Waals surface area contributed by atoms with Gasteiger partial charge in [-0.1, -0.05) is 22.0 Å². The summed E-state index contributed by atoms with van der Waals surface area (Å²) in [6.07, 6.45) is 3.17. The fourth-order valence-electron chi connectivity index (χ4n) is 1.40. The fraction of sp³-hybridized carbons (Fsp3) is 0.0909. The lowest BCUT2D eigenvalue weighted by Gasteiger charge is -2.07. The van der Waals surface area contributed by atoms with Crippen LogP contribution in [0.25, 0.3) is 0 Å². The third kappa shape index (κ3) is 2.30. The van der Waals surface area contributed by atoms with E-state index < -0.39 is 0 Å². The Balaban J connectivity index is 2.35. The minimum Gasteiger partial charge on any atom is -0.398 e. The van der Waals surface area contributed by atoms with Crippen molar-refractivity contribution in [3.63, 3.8) is 0 Å². The molecule has 16 heavy (non-hydrogen) atoms. The Kier molecular flexibility index (Phi) is 3.05. The molecule has 0 spiro atoms. The molecule has 0 saturated carbocycles. The summed E-state index contributed by atoms with van der Waals surface area (Å²) >= 11 is 3.34. The van der Waals surface area contributed by atoms with Gasteiger partial charge in [-0.3, -0.25) is 4.57 Å². The Morgan fingerprint density at radius 2 is 2.25 bits per heavy atom. The molecule has 0 aliphatic carbocycles. The molecule has 2 N–H and O–H groups in total. The molecule has 1 aromatic carbocycles. The maximum atomic E-state index is 11.4. The van der Waals surface area contributed by atoms with Crippen LogP contribution in [0.15, 0.2) is 45.9 Å². The molecule has 2 aromatic rings. The molecule has 0 bridgehead atoms. The van der Waals surface area contributed by atoms with Crippen LogP contribution < -0.4 is 11.4 Å². The van der Waals surface area contributed by atoms with Crippen molar-refractivity contribution < 1.29 is 0 Å². The first-order valence-electron chi connectivity index (χ1n) is 4.72. The number of anilines is 1. The van der Waals surface area contributed by atoms with Gasteiger partial charge >= 0.3 is 5.69 Å². The molecule has 0 atom stereocenters. The lowest BCUT2D eigenvalue weighted by atomic mass is 10.2. The maximum Gasteiger partial charge on any atom is 0.347 e.